The number of piperazine rings is 1. The molecule has 0 bridgehead atoms. The lowest BCUT2D eigenvalue weighted by Crippen LogP contribution is -2.47. The van der Waals surface area contributed by atoms with E-state index in [1.54, 1.807) is 14.2 Å². The summed E-state index contributed by atoms with van der Waals surface area (Å²) in [7, 11) is 3.34. The summed E-state index contributed by atoms with van der Waals surface area (Å²) in [4.78, 5) is 5.08. The van der Waals surface area contributed by atoms with Crippen LogP contribution in [0.5, 0.6) is 11.5 Å². The van der Waals surface area contributed by atoms with Crippen LogP contribution in [0.15, 0.2) is 66.7 Å². The third-order valence-electron chi connectivity index (χ3n) is 6.69. The van der Waals surface area contributed by atoms with E-state index in [1.807, 2.05) is 18.2 Å². The van der Waals surface area contributed by atoms with Crippen molar-refractivity contribution >= 4 is 0 Å². The van der Waals surface area contributed by atoms with Crippen molar-refractivity contribution in [2.24, 2.45) is 0 Å². The van der Waals surface area contributed by atoms with E-state index in [1.165, 1.54) is 28.8 Å². The molecule has 1 aliphatic heterocycles. The highest BCUT2D eigenvalue weighted by atomic mass is 19.1. The van der Waals surface area contributed by atoms with Gasteiger partial charge in [0.05, 0.1) is 14.2 Å². The van der Waals surface area contributed by atoms with E-state index in [0.29, 0.717) is 6.04 Å². The van der Waals surface area contributed by atoms with Crippen LogP contribution in [0.4, 0.5) is 4.39 Å². The summed E-state index contributed by atoms with van der Waals surface area (Å²) in [6.45, 7) is 7.48. The van der Waals surface area contributed by atoms with Gasteiger partial charge >= 0.3 is 0 Å². The van der Waals surface area contributed by atoms with Gasteiger partial charge in [0.25, 0.3) is 0 Å². The molecular formula is C28H33FN2O2. The molecule has 4 rings (SSSR count). The fourth-order valence-corrected chi connectivity index (χ4v) is 4.65. The number of hydrogen-bond acceptors (Lipinski definition) is 4. The van der Waals surface area contributed by atoms with Gasteiger partial charge in [-0.25, -0.2) is 4.39 Å². The first-order valence-electron chi connectivity index (χ1n) is 11.6. The summed E-state index contributed by atoms with van der Waals surface area (Å²) in [6, 6.07) is 21.8. The maximum atomic E-state index is 13.4. The average Bonchev–Trinajstić information content (AvgIpc) is 2.87. The quantitative estimate of drug-likeness (QED) is 0.459. The molecule has 0 amide bonds. The van der Waals surface area contributed by atoms with Gasteiger partial charge in [-0.1, -0.05) is 42.5 Å². The second-order valence-corrected chi connectivity index (χ2v) is 8.59. The molecular weight excluding hydrogens is 415 g/mol. The number of halogens is 1. The van der Waals surface area contributed by atoms with Crippen LogP contribution in [0.3, 0.4) is 0 Å². The summed E-state index contributed by atoms with van der Waals surface area (Å²) >= 11 is 0. The predicted octanol–water partition coefficient (Wildman–Crippen LogP) is 5.43. The van der Waals surface area contributed by atoms with Crippen molar-refractivity contribution in [3.8, 4) is 22.6 Å². The van der Waals surface area contributed by atoms with Gasteiger partial charge in [-0.2, -0.15) is 0 Å². The molecule has 3 aromatic carbocycles. The number of hydrogen-bond donors (Lipinski definition) is 0. The Bertz CT molecular complexity index is 1050. The maximum Gasteiger partial charge on any atom is 0.160 e. The summed E-state index contributed by atoms with van der Waals surface area (Å²) in [6.07, 6.45) is 0.989. The first kappa shape index (κ1) is 23.3. The van der Waals surface area contributed by atoms with Gasteiger partial charge in [-0.05, 0) is 59.9 Å². The van der Waals surface area contributed by atoms with E-state index >= 15 is 0 Å². The molecule has 0 radical (unpaired) electrons. The Morgan fingerprint density at radius 1 is 0.848 bits per heavy atom. The minimum atomic E-state index is -0.200. The van der Waals surface area contributed by atoms with Crippen LogP contribution in [0.2, 0.25) is 0 Å². The number of rotatable bonds is 8. The Morgan fingerprint density at radius 3 is 2.24 bits per heavy atom. The zero-order chi connectivity index (χ0) is 23.2. The normalized spacial score (nSPS) is 15.9. The summed E-state index contributed by atoms with van der Waals surface area (Å²) in [5.74, 6) is 1.35. The standard InChI is InChI=1S/C28H33FN2O2/c1-21(25-6-4-5-7-26(25)23-9-11-24(29)12-10-23)31-18-16-30(17-19-31)15-14-22-8-13-27(32-2)28(20-22)33-3/h4-13,20-21H,14-19H2,1-3H3. The van der Waals surface area contributed by atoms with Crippen LogP contribution in [0.25, 0.3) is 11.1 Å². The van der Waals surface area contributed by atoms with Crippen molar-refractivity contribution in [3.05, 3.63) is 83.7 Å². The topological polar surface area (TPSA) is 24.9 Å². The fourth-order valence-electron chi connectivity index (χ4n) is 4.65. The van der Waals surface area contributed by atoms with Gasteiger partial charge in [0, 0.05) is 38.8 Å². The number of nitrogens with zero attached hydrogens (tertiary/aromatic N) is 2. The lowest BCUT2D eigenvalue weighted by molar-refractivity contribution is 0.103. The highest BCUT2D eigenvalue weighted by Crippen LogP contribution is 2.32. The zero-order valence-corrected chi connectivity index (χ0v) is 19.8. The summed E-state index contributed by atoms with van der Waals surface area (Å²) in [5, 5.41) is 0. The molecule has 1 fully saturated rings. The van der Waals surface area contributed by atoms with E-state index in [9.17, 15) is 4.39 Å². The van der Waals surface area contributed by atoms with E-state index in [4.69, 9.17) is 9.47 Å². The monoisotopic (exact) mass is 448 g/mol. The van der Waals surface area contributed by atoms with Crippen LogP contribution in [0, 0.1) is 5.82 Å². The Morgan fingerprint density at radius 2 is 1.55 bits per heavy atom. The van der Waals surface area contributed by atoms with Crippen molar-refractivity contribution in [1.82, 2.24) is 9.80 Å². The van der Waals surface area contributed by atoms with Crippen molar-refractivity contribution in [1.29, 1.82) is 0 Å². The molecule has 1 atom stereocenters. The molecule has 1 saturated heterocycles. The van der Waals surface area contributed by atoms with Gasteiger partial charge in [0.1, 0.15) is 5.82 Å². The Labute approximate surface area is 196 Å². The Kier molecular flexibility index (Phi) is 7.63. The third-order valence-corrected chi connectivity index (χ3v) is 6.69. The number of benzene rings is 3. The first-order valence-corrected chi connectivity index (χ1v) is 11.6. The lowest BCUT2D eigenvalue weighted by atomic mass is 9.94. The highest BCUT2D eigenvalue weighted by molar-refractivity contribution is 5.67. The average molecular weight is 449 g/mol. The van der Waals surface area contributed by atoms with Gasteiger partial charge in [0.2, 0.25) is 0 Å². The number of methoxy groups -OCH3 is 2. The molecule has 0 saturated carbocycles. The van der Waals surface area contributed by atoms with Crippen molar-refractivity contribution in [3.63, 3.8) is 0 Å². The van der Waals surface area contributed by atoms with Crippen LogP contribution in [0.1, 0.15) is 24.1 Å². The van der Waals surface area contributed by atoms with Crippen LogP contribution < -0.4 is 9.47 Å². The zero-order valence-electron chi connectivity index (χ0n) is 19.8. The van der Waals surface area contributed by atoms with E-state index in [2.05, 4.69) is 53.1 Å². The van der Waals surface area contributed by atoms with Crippen molar-refractivity contribution < 1.29 is 13.9 Å². The second-order valence-electron chi connectivity index (χ2n) is 8.59. The molecule has 1 heterocycles. The molecule has 33 heavy (non-hydrogen) atoms. The van der Waals surface area contributed by atoms with Crippen molar-refractivity contribution in [2.75, 3.05) is 46.9 Å². The molecule has 0 N–H and O–H groups in total. The summed E-state index contributed by atoms with van der Waals surface area (Å²) in [5.41, 5.74) is 4.80. The molecule has 174 valence electrons. The smallest absolute Gasteiger partial charge is 0.160 e. The van der Waals surface area contributed by atoms with Gasteiger partial charge in [0.15, 0.2) is 11.5 Å². The van der Waals surface area contributed by atoms with Crippen molar-refractivity contribution in [2.45, 2.75) is 19.4 Å². The summed E-state index contributed by atoms with van der Waals surface area (Å²) < 4.78 is 24.2. The van der Waals surface area contributed by atoms with Crippen LogP contribution in [-0.2, 0) is 6.42 Å². The largest absolute Gasteiger partial charge is 0.493 e. The molecule has 0 spiro atoms. The molecule has 1 aliphatic rings. The molecule has 5 heteroatoms. The lowest BCUT2D eigenvalue weighted by Gasteiger charge is -2.38. The van der Waals surface area contributed by atoms with Crippen LogP contribution in [-0.4, -0.2) is 56.7 Å². The maximum absolute atomic E-state index is 13.4. The molecule has 4 nitrogen and oxygen atoms in total. The van der Waals surface area contributed by atoms with E-state index in [-0.39, 0.29) is 5.82 Å². The minimum absolute atomic E-state index is 0.200. The van der Waals surface area contributed by atoms with E-state index in [0.717, 1.165) is 56.2 Å². The number of ether oxygens (including phenoxy) is 2. The van der Waals surface area contributed by atoms with Gasteiger partial charge in [-0.15, -0.1) is 0 Å². The Balaban J connectivity index is 1.35. The van der Waals surface area contributed by atoms with Gasteiger partial charge in [-0.3, -0.25) is 4.90 Å². The van der Waals surface area contributed by atoms with Gasteiger partial charge < -0.3 is 14.4 Å². The predicted molar refractivity (Wildman–Crippen MR) is 132 cm³/mol. The van der Waals surface area contributed by atoms with Crippen LogP contribution >= 0.6 is 0 Å². The fraction of sp³-hybridized carbons (Fsp3) is 0.357. The molecule has 1 unspecified atom stereocenters. The van der Waals surface area contributed by atoms with E-state index < -0.39 is 0 Å². The Hall–Kier alpha value is -2.89. The second kappa shape index (κ2) is 10.8. The first-order chi connectivity index (χ1) is 16.1. The molecule has 3 aromatic rings. The molecule has 0 aromatic heterocycles. The minimum Gasteiger partial charge on any atom is -0.493 e. The third kappa shape index (κ3) is 5.55. The highest BCUT2D eigenvalue weighted by Gasteiger charge is 2.23. The molecule has 0 aliphatic carbocycles. The SMILES string of the molecule is COc1ccc(CCN2CCN(C(C)c3ccccc3-c3ccc(F)cc3)CC2)cc1OC.